The minimum atomic E-state index is -0.579. The van der Waals surface area contributed by atoms with Crippen LogP contribution in [0.4, 0.5) is 0 Å². The Balaban J connectivity index is 1.35. The summed E-state index contributed by atoms with van der Waals surface area (Å²) in [6.45, 7) is 3.28. The number of aromatic nitrogens is 3. The zero-order valence-corrected chi connectivity index (χ0v) is 15.8. The van der Waals surface area contributed by atoms with Crippen molar-refractivity contribution in [2.45, 2.75) is 38.6 Å². The highest BCUT2D eigenvalue weighted by molar-refractivity contribution is 5.97. The fraction of sp³-hybridized carbons (Fsp3) is 0.450. The van der Waals surface area contributed by atoms with Crippen LogP contribution < -0.4 is 5.32 Å². The first kappa shape index (κ1) is 18.2. The van der Waals surface area contributed by atoms with Crippen LogP contribution in [0.3, 0.4) is 0 Å². The first-order valence-corrected chi connectivity index (χ1v) is 9.52. The summed E-state index contributed by atoms with van der Waals surface area (Å²) in [4.78, 5) is 31.2. The third-order valence-corrected chi connectivity index (χ3v) is 5.76. The third kappa shape index (κ3) is 3.60. The van der Waals surface area contributed by atoms with Gasteiger partial charge in [-0.15, -0.1) is 0 Å². The zero-order valence-electron chi connectivity index (χ0n) is 15.8. The molecule has 1 aliphatic heterocycles. The number of nitrogens with zero attached hydrogens (tertiary/aromatic N) is 5. The van der Waals surface area contributed by atoms with Gasteiger partial charge in [0, 0.05) is 25.5 Å². The number of hydrogen-bond donors (Lipinski definition) is 1. The molecule has 8 heteroatoms. The maximum Gasteiger partial charge on any atom is 0.253 e. The van der Waals surface area contributed by atoms with Gasteiger partial charge in [0.2, 0.25) is 5.91 Å². The molecule has 144 valence electrons. The van der Waals surface area contributed by atoms with E-state index in [9.17, 15) is 9.59 Å². The van der Waals surface area contributed by atoms with Crippen molar-refractivity contribution in [1.29, 1.82) is 5.26 Å². The summed E-state index contributed by atoms with van der Waals surface area (Å²) >= 11 is 0. The van der Waals surface area contributed by atoms with Crippen LogP contribution in [0.25, 0.3) is 5.82 Å². The Morgan fingerprint density at radius 3 is 2.54 bits per heavy atom. The molecule has 1 atom stereocenters. The van der Waals surface area contributed by atoms with E-state index in [1.165, 1.54) is 23.7 Å². The van der Waals surface area contributed by atoms with Gasteiger partial charge >= 0.3 is 0 Å². The number of rotatable bonds is 4. The molecule has 0 unspecified atom stereocenters. The minimum Gasteiger partial charge on any atom is -0.341 e. The molecule has 1 saturated carbocycles. The molecule has 1 spiro atoms. The van der Waals surface area contributed by atoms with E-state index in [0.717, 1.165) is 25.9 Å². The SMILES string of the molecule is C[C@H](NC(=O)c1ccc(-n2ccc(C#N)n2)nc1)C(=O)N1CCC2(CC1)CC2. The minimum absolute atomic E-state index is 0.0333. The normalized spacial score (nSPS) is 18.4. The summed E-state index contributed by atoms with van der Waals surface area (Å²) in [5.41, 5.74) is 1.17. The Labute approximate surface area is 163 Å². The Kier molecular flexibility index (Phi) is 4.59. The highest BCUT2D eigenvalue weighted by Gasteiger charge is 2.45. The molecule has 2 aliphatic rings. The predicted octanol–water partition coefficient (Wildman–Crippen LogP) is 1.66. The van der Waals surface area contributed by atoms with Gasteiger partial charge in [0.1, 0.15) is 12.1 Å². The second-order valence-corrected chi connectivity index (χ2v) is 7.68. The van der Waals surface area contributed by atoms with Crippen molar-refractivity contribution in [3.8, 4) is 11.9 Å². The Hall–Kier alpha value is -3.21. The number of nitrogens with one attached hydrogen (secondary N) is 1. The van der Waals surface area contributed by atoms with E-state index in [1.807, 2.05) is 11.0 Å². The van der Waals surface area contributed by atoms with Crippen LogP contribution in [-0.2, 0) is 4.79 Å². The number of amides is 2. The quantitative estimate of drug-likeness (QED) is 0.871. The van der Waals surface area contributed by atoms with Gasteiger partial charge in [-0.25, -0.2) is 9.67 Å². The van der Waals surface area contributed by atoms with Crippen LogP contribution >= 0.6 is 0 Å². The molecule has 28 heavy (non-hydrogen) atoms. The molecule has 2 aromatic heterocycles. The van der Waals surface area contributed by atoms with Crippen LogP contribution in [-0.4, -0.2) is 50.6 Å². The summed E-state index contributed by atoms with van der Waals surface area (Å²) in [7, 11) is 0. The molecular weight excluding hydrogens is 356 g/mol. The average Bonchev–Trinajstić information content (AvgIpc) is 3.29. The summed E-state index contributed by atoms with van der Waals surface area (Å²) in [6.07, 6.45) is 7.80. The van der Waals surface area contributed by atoms with Crippen LogP contribution in [0.5, 0.6) is 0 Å². The molecule has 8 nitrogen and oxygen atoms in total. The van der Waals surface area contributed by atoms with E-state index in [2.05, 4.69) is 15.4 Å². The average molecular weight is 378 g/mol. The summed E-state index contributed by atoms with van der Waals surface area (Å²) < 4.78 is 1.47. The lowest BCUT2D eigenvalue weighted by Gasteiger charge is -2.33. The fourth-order valence-corrected chi connectivity index (χ4v) is 3.66. The van der Waals surface area contributed by atoms with E-state index in [0.29, 0.717) is 22.5 Å². The lowest BCUT2D eigenvalue weighted by molar-refractivity contribution is -0.134. The highest BCUT2D eigenvalue weighted by atomic mass is 16.2. The second kappa shape index (κ2) is 7.08. The number of piperidine rings is 1. The largest absolute Gasteiger partial charge is 0.341 e. The van der Waals surface area contributed by atoms with Gasteiger partial charge in [0.15, 0.2) is 11.5 Å². The molecule has 2 amide bonds. The van der Waals surface area contributed by atoms with Gasteiger partial charge in [-0.2, -0.15) is 10.4 Å². The summed E-state index contributed by atoms with van der Waals surface area (Å²) in [5, 5.41) is 15.7. The maximum atomic E-state index is 12.6. The molecule has 4 rings (SSSR count). The molecule has 0 bridgehead atoms. The summed E-state index contributed by atoms with van der Waals surface area (Å²) in [5.74, 6) is 0.132. The van der Waals surface area contributed by atoms with Crippen molar-refractivity contribution < 1.29 is 9.59 Å². The van der Waals surface area contributed by atoms with Gasteiger partial charge in [0.25, 0.3) is 5.91 Å². The van der Waals surface area contributed by atoms with Crippen molar-refractivity contribution in [1.82, 2.24) is 25.0 Å². The lowest BCUT2D eigenvalue weighted by atomic mass is 9.93. The van der Waals surface area contributed by atoms with Gasteiger partial charge in [0.05, 0.1) is 5.56 Å². The number of carbonyl (C=O) groups excluding carboxylic acids is 2. The highest BCUT2D eigenvalue weighted by Crippen LogP contribution is 2.53. The van der Waals surface area contributed by atoms with Crippen molar-refractivity contribution in [3.05, 3.63) is 41.9 Å². The molecule has 1 N–H and O–H groups in total. The number of pyridine rings is 1. The molecule has 0 radical (unpaired) electrons. The van der Waals surface area contributed by atoms with Crippen LogP contribution in [0.2, 0.25) is 0 Å². The van der Waals surface area contributed by atoms with Crippen LogP contribution in [0.15, 0.2) is 30.6 Å². The zero-order chi connectivity index (χ0) is 19.7. The van der Waals surface area contributed by atoms with E-state index in [4.69, 9.17) is 5.26 Å². The molecule has 2 fully saturated rings. The molecular formula is C20H22N6O2. The Bertz CT molecular complexity index is 928. The smallest absolute Gasteiger partial charge is 0.253 e. The van der Waals surface area contributed by atoms with Crippen molar-refractivity contribution in [3.63, 3.8) is 0 Å². The van der Waals surface area contributed by atoms with E-state index in [1.54, 1.807) is 31.3 Å². The van der Waals surface area contributed by atoms with Gasteiger partial charge < -0.3 is 10.2 Å². The first-order chi connectivity index (χ1) is 13.5. The van der Waals surface area contributed by atoms with E-state index < -0.39 is 6.04 Å². The Morgan fingerprint density at radius 1 is 1.21 bits per heavy atom. The molecule has 0 aromatic carbocycles. The first-order valence-electron chi connectivity index (χ1n) is 9.52. The number of hydrogen-bond acceptors (Lipinski definition) is 5. The lowest BCUT2D eigenvalue weighted by Crippen LogP contribution is -2.49. The molecule has 1 aliphatic carbocycles. The predicted molar refractivity (Wildman–Crippen MR) is 100 cm³/mol. The van der Waals surface area contributed by atoms with Gasteiger partial charge in [-0.3, -0.25) is 9.59 Å². The maximum absolute atomic E-state index is 12.6. The van der Waals surface area contributed by atoms with Crippen LogP contribution in [0.1, 0.15) is 48.7 Å². The second-order valence-electron chi connectivity index (χ2n) is 7.68. The van der Waals surface area contributed by atoms with Gasteiger partial charge in [-0.05, 0) is 56.2 Å². The van der Waals surface area contributed by atoms with Crippen molar-refractivity contribution in [2.24, 2.45) is 5.41 Å². The van der Waals surface area contributed by atoms with Crippen molar-refractivity contribution in [2.75, 3.05) is 13.1 Å². The molecule has 3 heterocycles. The number of nitriles is 1. The van der Waals surface area contributed by atoms with E-state index in [-0.39, 0.29) is 11.8 Å². The van der Waals surface area contributed by atoms with Crippen molar-refractivity contribution >= 4 is 11.8 Å². The van der Waals surface area contributed by atoms with Gasteiger partial charge in [-0.1, -0.05) is 0 Å². The Morgan fingerprint density at radius 2 is 1.96 bits per heavy atom. The van der Waals surface area contributed by atoms with E-state index >= 15 is 0 Å². The third-order valence-electron chi connectivity index (χ3n) is 5.76. The number of carbonyl (C=O) groups is 2. The van der Waals surface area contributed by atoms with Crippen LogP contribution in [0, 0.1) is 16.7 Å². The fourth-order valence-electron chi connectivity index (χ4n) is 3.66. The molecule has 1 saturated heterocycles. The molecule has 2 aromatic rings. The summed E-state index contributed by atoms with van der Waals surface area (Å²) in [6, 6.07) is 6.23. The standard InChI is InChI=1S/C20H22N6O2/c1-14(19(28)25-10-7-20(5-6-20)8-11-25)23-18(27)15-2-3-17(22-13-15)26-9-4-16(12-21)24-26/h2-4,9,13-14H,5-8,10-11H2,1H3,(H,23,27)/t14-/m0/s1. The topological polar surface area (TPSA) is 104 Å². The monoisotopic (exact) mass is 378 g/mol. The number of likely N-dealkylation sites (tertiary alicyclic amines) is 1.